The van der Waals surface area contributed by atoms with E-state index in [0.717, 1.165) is 0 Å². The van der Waals surface area contributed by atoms with Gasteiger partial charge in [-0.25, -0.2) is 0 Å². The van der Waals surface area contributed by atoms with Crippen molar-refractivity contribution in [3.05, 3.63) is 21.9 Å². The van der Waals surface area contributed by atoms with E-state index in [1.165, 1.54) is 6.07 Å². The molecule has 0 aliphatic rings. The van der Waals surface area contributed by atoms with Crippen molar-refractivity contribution in [1.29, 1.82) is 5.26 Å². The highest BCUT2D eigenvalue weighted by molar-refractivity contribution is 9.10. The molecule has 0 atom stereocenters. The van der Waals surface area contributed by atoms with Crippen LogP contribution >= 0.6 is 15.9 Å². The van der Waals surface area contributed by atoms with Gasteiger partial charge in [0.05, 0.1) is 16.0 Å². The molecule has 2 N–H and O–H groups in total. The zero-order valence-electron chi connectivity index (χ0n) is 8.17. The Kier molecular flexibility index (Phi) is 2.91. The van der Waals surface area contributed by atoms with Gasteiger partial charge < -0.3 is 10.2 Å². The van der Waals surface area contributed by atoms with Crippen molar-refractivity contribution in [1.82, 2.24) is 0 Å². The summed E-state index contributed by atoms with van der Waals surface area (Å²) in [5.41, 5.74) is -0.895. The van der Waals surface area contributed by atoms with Crippen molar-refractivity contribution in [3.8, 4) is 17.6 Å². The summed E-state index contributed by atoms with van der Waals surface area (Å²) in [4.78, 5) is 0. The molecule has 15 heavy (non-hydrogen) atoms. The lowest BCUT2D eigenvalue weighted by molar-refractivity contribution is 0.378. The van der Waals surface area contributed by atoms with Gasteiger partial charge in [-0.15, -0.1) is 0 Å². The standard InChI is InChI=1S/C10H9BrFNO2/c1-10(2,4-13)5-3-6(11)9(15)7(12)8(5)14/h3,14-15H,1-2H3. The van der Waals surface area contributed by atoms with Crippen LogP contribution in [0.3, 0.4) is 0 Å². The molecule has 1 aromatic rings. The van der Waals surface area contributed by atoms with Gasteiger partial charge in [-0.1, -0.05) is 0 Å². The van der Waals surface area contributed by atoms with E-state index in [-0.39, 0.29) is 10.0 Å². The van der Waals surface area contributed by atoms with Crippen LogP contribution < -0.4 is 0 Å². The number of rotatable bonds is 1. The summed E-state index contributed by atoms with van der Waals surface area (Å²) in [5.74, 6) is -2.48. The zero-order valence-corrected chi connectivity index (χ0v) is 9.76. The second kappa shape index (κ2) is 3.70. The van der Waals surface area contributed by atoms with E-state index in [1.807, 2.05) is 6.07 Å². The Balaban J connectivity index is 3.54. The van der Waals surface area contributed by atoms with Crippen molar-refractivity contribution < 1.29 is 14.6 Å². The van der Waals surface area contributed by atoms with Crippen LogP contribution in [0.25, 0.3) is 0 Å². The summed E-state index contributed by atoms with van der Waals surface area (Å²) in [6, 6.07) is 3.27. The Morgan fingerprint density at radius 3 is 2.40 bits per heavy atom. The van der Waals surface area contributed by atoms with Gasteiger partial charge in [0, 0.05) is 5.56 Å². The fourth-order valence-corrected chi connectivity index (χ4v) is 1.54. The number of benzene rings is 1. The predicted molar refractivity (Wildman–Crippen MR) is 56.1 cm³/mol. The monoisotopic (exact) mass is 273 g/mol. The van der Waals surface area contributed by atoms with Gasteiger partial charge in [0.15, 0.2) is 11.5 Å². The smallest absolute Gasteiger partial charge is 0.207 e. The molecule has 1 aromatic carbocycles. The first kappa shape index (κ1) is 11.8. The molecule has 0 fully saturated rings. The van der Waals surface area contributed by atoms with Crippen LogP contribution in [-0.4, -0.2) is 10.2 Å². The van der Waals surface area contributed by atoms with E-state index >= 15 is 0 Å². The molecule has 3 nitrogen and oxygen atoms in total. The molecule has 0 spiro atoms. The van der Waals surface area contributed by atoms with Gasteiger partial charge in [0.1, 0.15) is 0 Å². The predicted octanol–water partition coefficient (Wildman–Crippen LogP) is 2.80. The molecule has 0 aliphatic carbocycles. The molecule has 0 aromatic heterocycles. The van der Waals surface area contributed by atoms with Crippen molar-refractivity contribution in [3.63, 3.8) is 0 Å². The highest BCUT2D eigenvalue weighted by atomic mass is 79.9. The second-order valence-electron chi connectivity index (χ2n) is 3.65. The van der Waals surface area contributed by atoms with Crippen LogP contribution in [0.1, 0.15) is 19.4 Å². The molecule has 0 bridgehead atoms. The highest BCUT2D eigenvalue weighted by Crippen LogP contribution is 2.40. The third kappa shape index (κ3) is 1.90. The quantitative estimate of drug-likeness (QED) is 0.827. The van der Waals surface area contributed by atoms with E-state index in [0.29, 0.717) is 0 Å². The minimum atomic E-state index is -1.12. The van der Waals surface area contributed by atoms with Crippen molar-refractivity contribution in [2.45, 2.75) is 19.3 Å². The second-order valence-corrected chi connectivity index (χ2v) is 4.51. The lowest BCUT2D eigenvalue weighted by atomic mass is 9.85. The molecule has 0 aliphatic heterocycles. The fraction of sp³-hybridized carbons (Fsp3) is 0.300. The van der Waals surface area contributed by atoms with E-state index in [4.69, 9.17) is 5.26 Å². The maximum absolute atomic E-state index is 13.3. The maximum atomic E-state index is 13.3. The number of aromatic hydroxyl groups is 2. The van der Waals surface area contributed by atoms with Crippen LogP contribution in [0.5, 0.6) is 11.5 Å². The summed E-state index contributed by atoms with van der Waals surface area (Å²) in [6.07, 6.45) is 0. The normalized spacial score (nSPS) is 11.1. The topological polar surface area (TPSA) is 64.2 Å². The summed E-state index contributed by atoms with van der Waals surface area (Å²) in [5, 5.41) is 27.5. The third-order valence-electron chi connectivity index (χ3n) is 2.12. The van der Waals surface area contributed by atoms with Crippen molar-refractivity contribution in [2.75, 3.05) is 0 Å². The third-order valence-corrected chi connectivity index (χ3v) is 2.73. The fourth-order valence-electron chi connectivity index (χ4n) is 1.14. The van der Waals surface area contributed by atoms with Gasteiger partial charge in [0.2, 0.25) is 5.82 Å². The first-order valence-electron chi connectivity index (χ1n) is 4.13. The largest absolute Gasteiger partial charge is 0.504 e. The molecule has 80 valence electrons. The summed E-state index contributed by atoms with van der Waals surface area (Å²) >= 11 is 2.94. The molecule has 0 amide bonds. The van der Waals surface area contributed by atoms with E-state index in [2.05, 4.69) is 15.9 Å². The molecule has 0 saturated heterocycles. The average Bonchev–Trinajstić information content (AvgIpc) is 2.20. The van der Waals surface area contributed by atoms with Gasteiger partial charge in [-0.3, -0.25) is 0 Å². The Hall–Kier alpha value is -1.28. The molecule has 1 rings (SSSR count). The Labute approximate surface area is 94.9 Å². The highest BCUT2D eigenvalue weighted by Gasteiger charge is 2.28. The Morgan fingerprint density at radius 2 is 1.93 bits per heavy atom. The van der Waals surface area contributed by atoms with Gasteiger partial charge in [0.25, 0.3) is 0 Å². The molecule has 0 radical (unpaired) electrons. The molecule has 0 heterocycles. The number of nitrogens with zero attached hydrogens (tertiary/aromatic N) is 1. The lowest BCUT2D eigenvalue weighted by Gasteiger charge is -2.18. The first-order valence-corrected chi connectivity index (χ1v) is 4.92. The SMILES string of the molecule is CC(C)(C#N)c1cc(Br)c(O)c(F)c1O. The van der Waals surface area contributed by atoms with Gasteiger partial charge in [-0.2, -0.15) is 9.65 Å². The molecule has 0 saturated carbocycles. The van der Waals surface area contributed by atoms with E-state index in [9.17, 15) is 14.6 Å². The first-order chi connectivity index (χ1) is 6.81. The number of phenolic OH excluding ortho intramolecular Hbond substituents is 2. The minimum absolute atomic E-state index is 0.108. The molecule has 0 unspecified atom stereocenters. The van der Waals surface area contributed by atoms with Crippen LogP contribution in [0.15, 0.2) is 10.5 Å². The van der Waals surface area contributed by atoms with E-state index < -0.39 is 22.7 Å². The van der Waals surface area contributed by atoms with Crippen LogP contribution in [0, 0.1) is 17.1 Å². The van der Waals surface area contributed by atoms with Crippen molar-refractivity contribution >= 4 is 15.9 Å². The lowest BCUT2D eigenvalue weighted by Crippen LogP contribution is -2.14. The number of hydrogen-bond donors (Lipinski definition) is 2. The Bertz CT molecular complexity index is 452. The molecular formula is C10H9BrFNO2. The molecule has 5 heteroatoms. The van der Waals surface area contributed by atoms with Crippen LogP contribution in [0.2, 0.25) is 0 Å². The van der Waals surface area contributed by atoms with Gasteiger partial charge in [-0.05, 0) is 35.8 Å². The van der Waals surface area contributed by atoms with Crippen LogP contribution in [-0.2, 0) is 5.41 Å². The summed E-state index contributed by atoms with van der Waals surface area (Å²) in [6.45, 7) is 3.09. The summed E-state index contributed by atoms with van der Waals surface area (Å²) < 4.78 is 13.4. The van der Waals surface area contributed by atoms with Gasteiger partial charge >= 0.3 is 0 Å². The van der Waals surface area contributed by atoms with E-state index in [1.54, 1.807) is 13.8 Å². The number of nitriles is 1. The number of phenols is 2. The summed E-state index contributed by atoms with van der Waals surface area (Å²) in [7, 11) is 0. The Morgan fingerprint density at radius 1 is 1.40 bits per heavy atom. The zero-order chi connectivity index (χ0) is 11.8. The number of hydrogen-bond acceptors (Lipinski definition) is 3. The maximum Gasteiger partial charge on any atom is 0.207 e. The van der Waals surface area contributed by atoms with Crippen molar-refractivity contribution in [2.24, 2.45) is 0 Å². The average molecular weight is 274 g/mol. The number of halogens is 2. The minimum Gasteiger partial charge on any atom is -0.504 e. The van der Waals surface area contributed by atoms with Crippen LogP contribution in [0.4, 0.5) is 4.39 Å². The molecular weight excluding hydrogens is 265 g/mol.